The van der Waals surface area contributed by atoms with E-state index < -0.39 is 5.41 Å². The summed E-state index contributed by atoms with van der Waals surface area (Å²) in [5.41, 5.74) is 1.40. The smallest absolute Gasteiger partial charge is 0.235 e. The SMILES string of the molecule is CC.Cc1ccc(NC(=O)CCOCCOCCN2C(=O)CC(C)(C3CCC3)C2=O)cc1. The van der Waals surface area contributed by atoms with Gasteiger partial charge in [-0.1, -0.05) is 38.0 Å². The lowest BCUT2D eigenvalue weighted by atomic mass is 9.65. The van der Waals surface area contributed by atoms with Gasteiger partial charge in [-0.2, -0.15) is 0 Å². The van der Waals surface area contributed by atoms with Gasteiger partial charge in [-0.15, -0.1) is 0 Å². The van der Waals surface area contributed by atoms with Crippen LogP contribution in [-0.2, 0) is 23.9 Å². The number of hydrogen-bond donors (Lipinski definition) is 1. The van der Waals surface area contributed by atoms with Crippen molar-refractivity contribution in [3.63, 3.8) is 0 Å². The van der Waals surface area contributed by atoms with E-state index in [1.807, 2.05) is 52.0 Å². The number of carbonyl (C=O) groups is 3. The molecule has 1 unspecified atom stereocenters. The molecule has 7 heteroatoms. The quantitative estimate of drug-likeness (QED) is 0.411. The fourth-order valence-electron chi connectivity index (χ4n) is 4.00. The van der Waals surface area contributed by atoms with Crippen LogP contribution in [0.15, 0.2) is 24.3 Å². The topological polar surface area (TPSA) is 84.9 Å². The van der Waals surface area contributed by atoms with Crippen molar-refractivity contribution in [2.75, 3.05) is 38.3 Å². The number of ether oxygens (including phenoxy) is 2. The number of amides is 3. The second-order valence-electron chi connectivity index (χ2n) is 8.46. The van der Waals surface area contributed by atoms with Gasteiger partial charge in [0.2, 0.25) is 17.7 Å². The minimum atomic E-state index is -0.516. The summed E-state index contributed by atoms with van der Waals surface area (Å²) < 4.78 is 10.9. The van der Waals surface area contributed by atoms with Crippen LogP contribution in [0.4, 0.5) is 5.69 Å². The number of anilines is 1. The van der Waals surface area contributed by atoms with Crippen molar-refractivity contribution in [3.8, 4) is 0 Å². The Morgan fingerprint density at radius 1 is 1.06 bits per heavy atom. The molecule has 178 valence electrons. The number of rotatable bonds is 11. The van der Waals surface area contributed by atoms with Gasteiger partial charge in [-0.05, 0) is 44.7 Å². The molecule has 1 aromatic rings. The molecule has 7 nitrogen and oxygen atoms in total. The maximum absolute atomic E-state index is 12.7. The number of imide groups is 1. The van der Waals surface area contributed by atoms with Crippen LogP contribution in [0.1, 0.15) is 58.4 Å². The molecule has 3 amide bonds. The van der Waals surface area contributed by atoms with E-state index in [4.69, 9.17) is 9.47 Å². The van der Waals surface area contributed by atoms with Crippen molar-refractivity contribution >= 4 is 23.4 Å². The third-order valence-corrected chi connectivity index (χ3v) is 6.20. The number of carbonyl (C=O) groups excluding carboxylic acids is 3. The lowest BCUT2D eigenvalue weighted by molar-refractivity contribution is -0.144. The van der Waals surface area contributed by atoms with E-state index in [2.05, 4.69) is 5.32 Å². The molecular formula is C25H38N2O5. The van der Waals surface area contributed by atoms with Crippen LogP contribution in [0.5, 0.6) is 0 Å². The first-order valence-corrected chi connectivity index (χ1v) is 11.8. The summed E-state index contributed by atoms with van der Waals surface area (Å²) in [5, 5.41) is 2.82. The fraction of sp³-hybridized carbons (Fsp3) is 0.640. The molecule has 0 spiro atoms. The summed E-state index contributed by atoms with van der Waals surface area (Å²) in [7, 11) is 0. The van der Waals surface area contributed by atoms with Gasteiger partial charge in [-0.3, -0.25) is 19.3 Å². The van der Waals surface area contributed by atoms with Gasteiger partial charge < -0.3 is 14.8 Å². The number of aryl methyl sites for hydroxylation is 1. The lowest BCUT2D eigenvalue weighted by Gasteiger charge is -2.38. The van der Waals surface area contributed by atoms with Crippen molar-refractivity contribution in [3.05, 3.63) is 29.8 Å². The Morgan fingerprint density at radius 2 is 1.69 bits per heavy atom. The molecule has 2 aliphatic rings. The molecular weight excluding hydrogens is 408 g/mol. The largest absolute Gasteiger partial charge is 0.379 e. The van der Waals surface area contributed by atoms with Crippen LogP contribution >= 0.6 is 0 Å². The molecule has 2 fully saturated rings. The first-order valence-electron chi connectivity index (χ1n) is 11.8. The Bertz CT molecular complexity index is 760. The molecule has 1 saturated carbocycles. The molecule has 3 rings (SSSR count). The Morgan fingerprint density at radius 3 is 2.28 bits per heavy atom. The minimum Gasteiger partial charge on any atom is -0.379 e. The molecule has 1 heterocycles. The van der Waals surface area contributed by atoms with E-state index in [9.17, 15) is 14.4 Å². The summed E-state index contributed by atoms with van der Waals surface area (Å²) in [4.78, 5) is 38.2. The maximum Gasteiger partial charge on any atom is 0.235 e. The number of benzene rings is 1. The number of hydrogen-bond acceptors (Lipinski definition) is 5. The van der Waals surface area contributed by atoms with Gasteiger partial charge >= 0.3 is 0 Å². The van der Waals surface area contributed by atoms with E-state index in [1.54, 1.807) is 0 Å². The van der Waals surface area contributed by atoms with E-state index in [0.717, 1.165) is 30.5 Å². The zero-order chi connectivity index (χ0) is 23.6. The van der Waals surface area contributed by atoms with Crippen LogP contribution in [0.2, 0.25) is 0 Å². The van der Waals surface area contributed by atoms with Crippen LogP contribution in [0, 0.1) is 18.3 Å². The van der Waals surface area contributed by atoms with Crippen LogP contribution in [-0.4, -0.2) is 55.6 Å². The minimum absolute atomic E-state index is 0.0448. The van der Waals surface area contributed by atoms with E-state index in [-0.39, 0.29) is 24.1 Å². The highest BCUT2D eigenvalue weighted by molar-refractivity contribution is 6.05. The van der Waals surface area contributed by atoms with Gasteiger partial charge in [0.15, 0.2) is 0 Å². The molecule has 1 aromatic carbocycles. The Labute approximate surface area is 191 Å². The summed E-state index contributed by atoms with van der Waals surface area (Å²) in [6.07, 6.45) is 3.83. The second-order valence-corrected chi connectivity index (χ2v) is 8.46. The molecule has 32 heavy (non-hydrogen) atoms. The first kappa shape index (κ1) is 26.0. The summed E-state index contributed by atoms with van der Waals surface area (Å²) in [6, 6.07) is 7.63. The van der Waals surface area contributed by atoms with Gasteiger partial charge in [0, 0.05) is 12.1 Å². The Kier molecular flexibility index (Phi) is 10.3. The van der Waals surface area contributed by atoms with E-state index in [0.29, 0.717) is 45.3 Å². The van der Waals surface area contributed by atoms with Gasteiger partial charge in [-0.25, -0.2) is 0 Å². The normalized spacial score (nSPS) is 20.6. The number of likely N-dealkylation sites (tertiary alicyclic amines) is 1. The monoisotopic (exact) mass is 446 g/mol. The van der Waals surface area contributed by atoms with Crippen LogP contribution < -0.4 is 5.32 Å². The van der Waals surface area contributed by atoms with Gasteiger partial charge in [0.05, 0.1) is 44.8 Å². The standard InChI is InChI=1S/C23H32N2O5.C2H6/c1-17-6-8-19(9-7-17)24-20(26)10-12-29-14-15-30-13-11-25-21(27)16-23(2,22(25)28)18-4-3-5-18;1-2/h6-9,18H,3-5,10-16H2,1-2H3,(H,24,26);1-2H3. The molecule has 1 N–H and O–H groups in total. The highest BCUT2D eigenvalue weighted by atomic mass is 16.5. The Hall–Kier alpha value is -2.25. The van der Waals surface area contributed by atoms with E-state index >= 15 is 0 Å². The lowest BCUT2D eigenvalue weighted by Crippen LogP contribution is -2.41. The number of nitrogens with one attached hydrogen (secondary N) is 1. The average Bonchev–Trinajstić information content (AvgIpc) is 2.94. The van der Waals surface area contributed by atoms with E-state index in [1.165, 1.54) is 4.90 Å². The van der Waals surface area contributed by atoms with Crippen molar-refractivity contribution in [2.45, 2.75) is 59.8 Å². The maximum atomic E-state index is 12.7. The first-order chi connectivity index (χ1) is 15.4. The summed E-state index contributed by atoms with van der Waals surface area (Å²) >= 11 is 0. The molecule has 1 aliphatic carbocycles. The highest BCUT2D eigenvalue weighted by Gasteiger charge is 2.53. The van der Waals surface area contributed by atoms with Crippen molar-refractivity contribution < 1.29 is 23.9 Å². The van der Waals surface area contributed by atoms with Crippen LogP contribution in [0.25, 0.3) is 0 Å². The van der Waals surface area contributed by atoms with Crippen LogP contribution in [0.3, 0.4) is 0 Å². The average molecular weight is 447 g/mol. The summed E-state index contributed by atoms with van der Waals surface area (Å²) in [5.74, 6) is 0.113. The Balaban J connectivity index is 0.00000176. The molecule has 0 radical (unpaired) electrons. The predicted molar refractivity (Wildman–Crippen MR) is 124 cm³/mol. The zero-order valence-corrected chi connectivity index (χ0v) is 19.9. The number of nitrogens with zero attached hydrogens (tertiary/aromatic N) is 1. The third-order valence-electron chi connectivity index (χ3n) is 6.20. The molecule has 1 saturated heterocycles. The third kappa shape index (κ3) is 6.87. The van der Waals surface area contributed by atoms with Crippen molar-refractivity contribution in [1.29, 1.82) is 0 Å². The highest BCUT2D eigenvalue weighted by Crippen LogP contribution is 2.48. The van der Waals surface area contributed by atoms with Crippen molar-refractivity contribution in [1.82, 2.24) is 4.90 Å². The molecule has 0 aromatic heterocycles. The molecule has 1 aliphatic heterocycles. The summed E-state index contributed by atoms with van der Waals surface area (Å²) in [6.45, 7) is 9.54. The zero-order valence-electron chi connectivity index (χ0n) is 19.9. The second kappa shape index (κ2) is 12.7. The van der Waals surface area contributed by atoms with Gasteiger partial charge in [0.1, 0.15) is 0 Å². The molecule has 0 bridgehead atoms. The fourth-order valence-corrected chi connectivity index (χ4v) is 4.00. The predicted octanol–water partition coefficient (Wildman–Crippen LogP) is 3.95. The van der Waals surface area contributed by atoms with Crippen molar-refractivity contribution in [2.24, 2.45) is 11.3 Å². The molecule has 1 atom stereocenters. The van der Waals surface area contributed by atoms with Gasteiger partial charge in [0.25, 0.3) is 0 Å².